The fraction of sp³-hybridized carbons (Fsp3) is 0.240. The first kappa shape index (κ1) is 24.2. The molecule has 1 heterocycles. The van der Waals surface area contributed by atoms with E-state index in [4.69, 9.17) is 16.3 Å². The monoisotopic (exact) mass is 470 g/mol. The van der Waals surface area contributed by atoms with E-state index in [-0.39, 0.29) is 28.6 Å². The molecule has 0 spiro atoms. The lowest BCUT2D eigenvalue weighted by atomic mass is 9.98. The minimum absolute atomic E-state index is 0.0591. The zero-order chi connectivity index (χ0) is 24.3. The molecule has 3 aromatic rings. The number of hydrogen-bond acceptors (Lipinski definition) is 4. The van der Waals surface area contributed by atoms with Crippen molar-refractivity contribution >= 4 is 29.3 Å². The summed E-state index contributed by atoms with van der Waals surface area (Å²) in [4.78, 5) is 43.4. The molecule has 0 aliphatic rings. The second-order valence-electron chi connectivity index (χ2n) is 7.70. The summed E-state index contributed by atoms with van der Waals surface area (Å²) in [5.74, 6) is -1.78. The van der Waals surface area contributed by atoms with Crippen LogP contribution in [0, 0.1) is 19.7 Å². The quantitative estimate of drug-likeness (QED) is 0.383. The van der Waals surface area contributed by atoms with Gasteiger partial charge in [0.05, 0.1) is 23.7 Å². The van der Waals surface area contributed by atoms with E-state index in [9.17, 15) is 18.8 Å². The molecule has 0 radical (unpaired) electrons. The van der Waals surface area contributed by atoms with Crippen LogP contribution in [0.25, 0.3) is 0 Å². The first-order chi connectivity index (χ1) is 15.6. The number of rotatable bonds is 7. The molecule has 172 valence electrons. The number of aryl methyl sites for hydroxylation is 1. The van der Waals surface area contributed by atoms with Crippen LogP contribution in [0.4, 0.5) is 4.39 Å². The average molecular weight is 471 g/mol. The van der Waals surface area contributed by atoms with Crippen molar-refractivity contribution in [3.05, 3.63) is 93.0 Å². The normalized spacial score (nSPS) is 11.7. The van der Waals surface area contributed by atoms with Crippen LogP contribution in [0.3, 0.4) is 0 Å². The standard InChI is InChI=1S/C25H24ClFN2O4/c1-14-21(15(2)28-22(14)25(32)33-4)23(30)16(3)29(13-17-9-11-18(27)12-10-17)24(31)19-7-5-6-8-20(19)26/h5-12,16,28H,13H2,1-4H3/t16-/m1/s1. The molecule has 6 nitrogen and oxygen atoms in total. The van der Waals surface area contributed by atoms with Crippen LogP contribution in [0.15, 0.2) is 48.5 Å². The van der Waals surface area contributed by atoms with E-state index < -0.39 is 23.7 Å². The second-order valence-corrected chi connectivity index (χ2v) is 8.10. The third-order valence-corrected chi connectivity index (χ3v) is 5.88. The molecule has 1 aromatic heterocycles. The van der Waals surface area contributed by atoms with Gasteiger partial charge in [-0.15, -0.1) is 0 Å². The van der Waals surface area contributed by atoms with Gasteiger partial charge in [0.25, 0.3) is 5.91 Å². The number of carbonyl (C=O) groups is 3. The molecule has 8 heteroatoms. The Bertz CT molecular complexity index is 1200. The third kappa shape index (κ3) is 4.98. The van der Waals surface area contributed by atoms with Gasteiger partial charge >= 0.3 is 5.97 Å². The predicted molar refractivity (Wildman–Crippen MR) is 123 cm³/mol. The molecular weight excluding hydrogens is 447 g/mol. The van der Waals surface area contributed by atoms with Gasteiger partial charge < -0.3 is 14.6 Å². The van der Waals surface area contributed by atoms with Crippen LogP contribution >= 0.6 is 11.6 Å². The Hall–Kier alpha value is -3.45. The van der Waals surface area contributed by atoms with E-state index in [1.807, 2.05) is 0 Å². The number of ether oxygens (including phenoxy) is 1. The molecule has 0 aliphatic carbocycles. The van der Waals surface area contributed by atoms with Crippen LogP contribution in [0.5, 0.6) is 0 Å². The molecule has 1 amide bonds. The van der Waals surface area contributed by atoms with Crippen molar-refractivity contribution in [3.63, 3.8) is 0 Å². The number of ketones is 1. The lowest BCUT2D eigenvalue weighted by Crippen LogP contribution is -2.43. The van der Waals surface area contributed by atoms with E-state index in [0.29, 0.717) is 22.4 Å². The number of carbonyl (C=O) groups excluding carboxylic acids is 3. The van der Waals surface area contributed by atoms with Gasteiger partial charge in [-0.3, -0.25) is 9.59 Å². The smallest absolute Gasteiger partial charge is 0.354 e. The van der Waals surface area contributed by atoms with E-state index in [0.717, 1.165) is 0 Å². The molecule has 0 aliphatic heterocycles. The SMILES string of the molecule is COC(=O)c1[nH]c(C)c(C(=O)[C@@H](C)N(Cc2ccc(F)cc2)C(=O)c2ccccc2Cl)c1C. The van der Waals surface area contributed by atoms with Crippen molar-refractivity contribution in [2.24, 2.45) is 0 Å². The predicted octanol–water partition coefficient (Wildman–Crippen LogP) is 5.12. The maximum Gasteiger partial charge on any atom is 0.354 e. The zero-order valence-corrected chi connectivity index (χ0v) is 19.5. The molecule has 1 N–H and O–H groups in total. The van der Waals surface area contributed by atoms with Crippen molar-refractivity contribution in [2.45, 2.75) is 33.4 Å². The Labute approximate surface area is 196 Å². The lowest BCUT2D eigenvalue weighted by molar-refractivity contribution is 0.0592. The molecule has 0 fully saturated rings. The maximum atomic E-state index is 13.6. The average Bonchev–Trinajstić information content (AvgIpc) is 3.10. The number of hydrogen-bond donors (Lipinski definition) is 1. The lowest BCUT2D eigenvalue weighted by Gasteiger charge is -2.29. The third-order valence-electron chi connectivity index (χ3n) is 5.55. The summed E-state index contributed by atoms with van der Waals surface area (Å²) in [7, 11) is 1.26. The number of H-pyrrole nitrogens is 1. The minimum atomic E-state index is -0.905. The van der Waals surface area contributed by atoms with Gasteiger partial charge in [0.15, 0.2) is 5.78 Å². The van der Waals surface area contributed by atoms with Crippen LogP contribution in [-0.2, 0) is 11.3 Å². The first-order valence-corrected chi connectivity index (χ1v) is 10.6. The fourth-order valence-electron chi connectivity index (χ4n) is 3.74. The molecule has 0 saturated carbocycles. The van der Waals surface area contributed by atoms with Gasteiger partial charge in [-0.05, 0) is 56.2 Å². The van der Waals surface area contributed by atoms with Crippen molar-refractivity contribution < 1.29 is 23.5 Å². The summed E-state index contributed by atoms with van der Waals surface area (Å²) in [6.07, 6.45) is 0. The highest BCUT2D eigenvalue weighted by Gasteiger charge is 2.32. The number of amides is 1. The summed E-state index contributed by atoms with van der Waals surface area (Å²) in [5.41, 5.74) is 2.35. The number of nitrogens with zero attached hydrogens (tertiary/aromatic N) is 1. The van der Waals surface area contributed by atoms with Crippen molar-refractivity contribution in [2.75, 3.05) is 7.11 Å². The van der Waals surface area contributed by atoms with Crippen molar-refractivity contribution in [3.8, 4) is 0 Å². The number of benzene rings is 2. The Balaban J connectivity index is 2.02. The molecule has 1 atom stereocenters. The number of Topliss-reactive ketones (excluding diaryl/α,β-unsaturated/α-hetero) is 1. The highest BCUT2D eigenvalue weighted by molar-refractivity contribution is 6.33. The molecule has 0 unspecified atom stereocenters. The molecular formula is C25H24ClFN2O4. The fourth-order valence-corrected chi connectivity index (χ4v) is 3.95. The zero-order valence-electron chi connectivity index (χ0n) is 18.7. The molecule has 3 rings (SSSR count). The summed E-state index contributed by atoms with van der Waals surface area (Å²) < 4.78 is 18.2. The Morgan fingerprint density at radius 3 is 2.33 bits per heavy atom. The number of nitrogens with one attached hydrogen (secondary N) is 1. The summed E-state index contributed by atoms with van der Waals surface area (Å²) in [5, 5.41) is 0.258. The molecule has 0 saturated heterocycles. The second kappa shape index (κ2) is 10.0. The van der Waals surface area contributed by atoms with Crippen molar-refractivity contribution in [1.82, 2.24) is 9.88 Å². The Kier molecular flexibility index (Phi) is 7.33. The highest BCUT2D eigenvalue weighted by Crippen LogP contribution is 2.25. The van der Waals surface area contributed by atoms with Crippen LogP contribution in [0.2, 0.25) is 5.02 Å². The van der Waals surface area contributed by atoms with Gasteiger partial charge in [-0.2, -0.15) is 0 Å². The van der Waals surface area contributed by atoms with E-state index in [2.05, 4.69) is 4.98 Å². The molecule has 0 bridgehead atoms. The van der Waals surface area contributed by atoms with Gasteiger partial charge in [0.2, 0.25) is 0 Å². The number of methoxy groups -OCH3 is 1. The van der Waals surface area contributed by atoms with Gasteiger partial charge in [0, 0.05) is 17.8 Å². The van der Waals surface area contributed by atoms with Crippen LogP contribution < -0.4 is 0 Å². The van der Waals surface area contributed by atoms with Gasteiger partial charge in [-0.1, -0.05) is 35.9 Å². The van der Waals surface area contributed by atoms with E-state index in [1.54, 1.807) is 57.2 Å². The van der Waals surface area contributed by atoms with E-state index >= 15 is 0 Å². The minimum Gasteiger partial charge on any atom is -0.464 e. The Morgan fingerprint density at radius 1 is 1.09 bits per heavy atom. The van der Waals surface area contributed by atoms with Crippen LogP contribution in [-0.4, -0.2) is 40.7 Å². The number of aromatic amines is 1. The molecule has 2 aromatic carbocycles. The largest absolute Gasteiger partial charge is 0.464 e. The topological polar surface area (TPSA) is 79.5 Å². The first-order valence-electron chi connectivity index (χ1n) is 10.3. The number of esters is 1. The summed E-state index contributed by atoms with van der Waals surface area (Å²) in [6, 6.07) is 11.4. The highest BCUT2D eigenvalue weighted by atomic mass is 35.5. The van der Waals surface area contributed by atoms with Gasteiger partial charge in [-0.25, -0.2) is 9.18 Å². The molecule has 33 heavy (non-hydrogen) atoms. The van der Waals surface area contributed by atoms with Gasteiger partial charge in [0.1, 0.15) is 11.5 Å². The number of halogens is 2. The van der Waals surface area contributed by atoms with E-state index in [1.165, 1.54) is 24.1 Å². The summed E-state index contributed by atoms with van der Waals surface area (Å²) >= 11 is 6.25. The summed E-state index contributed by atoms with van der Waals surface area (Å²) in [6.45, 7) is 5.00. The maximum absolute atomic E-state index is 13.6. The van der Waals surface area contributed by atoms with Crippen LogP contribution in [0.1, 0.15) is 54.9 Å². The number of aromatic nitrogens is 1. The Morgan fingerprint density at radius 2 is 1.73 bits per heavy atom. The van der Waals surface area contributed by atoms with Crippen molar-refractivity contribution in [1.29, 1.82) is 0 Å².